The van der Waals surface area contributed by atoms with E-state index in [-0.39, 0.29) is 36.2 Å². The van der Waals surface area contributed by atoms with Crippen LogP contribution in [-0.2, 0) is 32.2 Å². The van der Waals surface area contributed by atoms with E-state index in [1.165, 1.54) is 4.90 Å². The zero-order valence-corrected chi connectivity index (χ0v) is 38.0. The predicted molar refractivity (Wildman–Crippen MR) is 249 cm³/mol. The summed E-state index contributed by atoms with van der Waals surface area (Å²) in [5, 5.41) is 5.39. The lowest BCUT2D eigenvalue weighted by atomic mass is 9.95. The number of piperidine rings is 1. The number of pyridine rings is 1. The highest BCUT2D eigenvalue weighted by Gasteiger charge is 2.39. The number of aromatic amines is 1. The third kappa shape index (κ3) is 10.4. The van der Waals surface area contributed by atoms with Gasteiger partial charge in [0.2, 0.25) is 11.8 Å². The van der Waals surface area contributed by atoms with Crippen molar-refractivity contribution in [2.75, 3.05) is 82.1 Å². The van der Waals surface area contributed by atoms with Gasteiger partial charge >= 0.3 is 0 Å². The Kier molecular flexibility index (Phi) is 14.3. The number of imide groups is 1. The number of carbonyl (C=O) groups excluding carboxylic acids is 4. The molecule has 3 aromatic carbocycles. The fourth-order valence-corrected chi connectivity index (χ4v) is 9.62. The zero-order chi connectivity index (χ0) is 45.6. The first-order chi connectivity index (χ1) is 31.5. The molecule has 15 nitrogen and oxygen atoms in total. The van der Waals surface area contributed by atoms with Crippen LogP contribution in [0.5, 0.6) is 5.75 Å². The Labute approximate surface area is 380 Å². The number of benzene rings is 3. The smallest absolute Gasteiger partial charge is 0.255 e. The van der Waals surface area contributed by atoms with Crippen LogP contribution in [0.2, 0.25) is 0 Å². The largest absolute Gasteiger partial charge is 0.491 e. The number of nitrogens with zero attached hydrogens (tertiary/aromatic N) is 4. The maximum atomic E-state index is 14.0. The topological polar surface area (TPSA) is 166 Å². The second kappa shape index (κ2) is 20.4. The molecule has 0 bridgehead atoms. The summed E-state index contributed by atoms with van der Waals surface area (Å²) in [7, 11) is 0. The zero-order valence-electron chi connectivity index (χ0n) is 38.0. The molecule has 3 saturated heterocycles. The third-order valence-electron chi connectivity index (χ3n) is 13.3. The van der Waals surface area contributed by atoms with Crippen molar-refractivity contribution >= 4 is 35.0 Å². The van der Waals surface area contributed by atoms with E-state index >= 15 is 0 Å². The second-order valence-corrected chi connectivity index (χ2v) is 17.5. The van der Waals surface area contributed by atoms with Crippen LogP contribution in [0.15, 0.2) is 65.5 Å². The first kappa shape index (κ1) is 45.5. The number of anilines is 2. The molecule has 1 unspecified atom stereocenters. The van der Waals surface area contributed by atoms with E-state index in [4.69, 9.17) is 14.2 Å². The Balaban J connectivity index is 0.831. The quantitative estimate of drug-likeness (QED) is 0.104. The number of ether oxygens (including phenoxy) is 3. The molecule has 4 aliphatic heterocycles. The predicted octanol–water partition coefficient (Wildman–Crippen LogP) is 4.88. The number of amides is 4. The van der Waals surface area contributed by atoms with Crippen LogP contribution in [0.25, 0.3) is 11.1 Å². The van der Waals surface area contributed by atoms with Crippen LogP contribution in [-0.4, -0.2) is 123 Å². The van der Waals surface area contributed by atoms with Crippen LogP contribution in [0.3, 0.4) is 0 Å². The van der Waals surface area contributed by atoms with E-state index in [1.807, 2.05) is 45.0 Å². The standard InChI is InChI=1S/C50H61N7O8/c1-5-56(39-14-21-63-22-15-39)45-28-37(27-41(34(45)4)47(59)51-30-43-32(2)26-33(3)52-48(43)60)35-6-9-38(10-7-35)55-18-16-54(17-19-55)20-23-64-24-25-65-40-11-8-36-31-57(50(62)42(36)29-40)44-12-13-46(58)53-49(44)61/h6-11,26-29,39,44H,5,12-25,30-31H2,1-4H3,(H,51,59)(H,52,60)(H,53,58,61). The summed E-state index contributed by atoms with van der Waals surface area (Å²) in [4.78, 5) is 75.5. The first-order valence-corrected chi connectivity index (χ1v) is 23.0. The minimum Gasteiger partial charge on any atom is -0.491 e. The van der Waals surface area contributed by atoms with Gasteiger partial charge in [-0.2, -0.15) is 0 Å². The van der Waals surface area contributed by atoms with Crippen molar-refractivity contribution in [3.05, 3.63) is 110 Å². The highest BCUT2D eigenvalue weighted by molar-refractivity contribution is 6.05. The van der Waals surface area contributed by atoms with Crippen molar-refractivity contribution in [2.45, 2.75) is 78.6 Å². The number of hydrogen-bond donors (Lipinski definition) is 3. The van der Waals surface area contributed by atoms with Crippen molar-refractivity contribution in [1.82, 2.24) is 25.4 Å². The van der Waals surface area contributed by atoms with E-state index in [2.05, 4.69) is 67.6 Å². The van der Waals surface area contributed by atoms with E-state index in [0.29, 0.717) is 61.3 Å². The number of rotatable bonds is 16. The van der Waals surface area contributed by atoms with Crippen molar-refractivity contribution in [3.8, 4) is 16.9 Å². The molecule has 4 aliphatic rings. The average molecular weight is 888 g/mol. The molecule has 0 spiro atoms. The maximum Gasteiger partial charge on any atom is 0.255 e. The Morgan fingerprint density at radius 3 is 2.37 bits per heavy atom. The molecule has 8 rings (SSSR count). The van der Waals surface area contributed by atoms with Gasteiger partial charge in [-0.05, 0) is 117 Å². The molecule has 1 aromatic heterocycles. The van der Waals surface area contributed by atoms with Crippen molar-refractivity contribution < 1.29 is 33.4 Å². The van der Waals surface area contributed by atoms with Crippen molar-refractivity contribution in [2.24, 2.45) is 0 Å². The lowest BCUT2D eigenvalue weighted by Crippen LogP contribution is -2.52. The van der Waals surface area contributed by atoms with E-state index < -0.39 is 11.9 Å². The van der Waals surface area contributed by atoms with Gasteiger partial charge in [-0.3, -0.25) is 34.2 Å². The fraction of sp³-hybridized carbons (Fsp3) is 0.460. The molecular formula is C50H61N7O8. The maximum absolute atomic E-state index is 14.0. The molecule has 0 radical (unpaired) electrons. The minimum atomic E-state index is -0.645. The molecule has 0 aliphatic carbocycles. The summed E-state index contributed by atoms with van der Waals surface area (Å²) < 4.78 is 17.5. The third-order valence-corrected chi connectivity index (χ3v) is 13.3. The van der Waals surface area contributed by atoms with Gasteiger partial charge in [-0.1, -0.05) is 18.2 Å². The van der Waals surface area contributed by atoms with Gasteiger partial charge in [-0.25, -0.2) is 0 Å². The molecule has 344 valence electrons. The minimum absolute atomic E-state index is 0.139. The van der Waals surface area contributed by atoms with E-state index in [0.717, 1.165) is 110 Å². The summed E-state index contributed by atoms with van der Waals surface area (Å²) in [6.07, 6.45) is 2.41. The highest BCUT2D eigenvalue weighted by Crippen LogP contribution is 2.35. The van der Waals surface area contributed by atoms with Gasteiger partial charge < -0.3 is 39.2 Å². The van der Waals surface area contributed by atoms with Crippen molar-refractivity contribution in [3.63, 3.8) is 0 Å². The molecule has 3 fully saturated rings. The average Bonchev–Trinajstić information content (AvgIpc) is 3.63. The normalized spacial score (nSPS) is 18.2. The molecule has 65 heavy (non-hydrogen) atoms. The second-order valence-electron chi connectivity index (χ2n) is 17.5. The number of H-pyrrole nitrogens is 1. The number of aryl methyl sites for hydroxylation is 2. The number of aromatic nitrogens is 1. The lowest BCUT2D eigenvalue weighted by Gasteiger charge is -2.37. The molecule has 4 aromatic rings. The molecule has 15 heteroatoms. The van der Waals surface area contributed by atoms with Gasteiger partial charge in [0.1, 0.15) is 18.4 Å². The lowest BCUT2D eigenvalue weighted by molar-refractivity contribution is -0.136. The number of nitrogens with one attached hydrogen (secondary N) is 3. The summed E-state index contributed by atoms with van der Waals surface area (Å²) in [5.41, 5.74) is 9.07. The van der Waals surface area contributed by atoms with Crippen LogP contribution < -0.4 is 30.7 Å². The van der Waals surface area contributed by atoms with Crippen LogP contribution in [0.1, 0.15) is 81.3 Å². The summed E-state index contributed by atoms with van der Waals surface area (Å²) in [6, 6.07) is 19.8. The van der Waals surface area contributed by atoms with E-state index in [1.54, 1.807) is 6.07 Å². The molecular weight excluding hydrogens is 827 g/mol. The molecule has 4 amide bonds. The van der Waals surface area contributed by atoms with Gasteiger partial charge in [0.15, 0.2) is 0 Å². The number of hydrogen-bond acceptors (Lipinski definition) is 11. The van der Waals surface area contributed by atoms with Gasteiger partial charge in [0.05, 0.1) is 13.2 Å². The van der Waals surface area contributed by atoms with Crippen LogP contribution in [0.4, 0.5) is 11.4 Å². The summed E-state index contributed by atoms with van der Waals surface area (Å²) >= 11 is 0. The Bertz CT molecular complexity index is 2460. The molecule has 0 saturated carbocycles. The van der Waals surface area contributed by atoms with Gasteiger partial charge in [-0.15, -0.1) is 0 Å². The SMILES string of the molecule is CCN(c1cc(-c2ccc(N3CCN(CCOCCOc4ccc5c(c4)C(=O)N(C4CCC(=O)NC4=O)C5)CC3)cc2)cc(C(=O)NCc2c(C)cc(C)[nH]c2=O)c1C)C1CCOCC1. The Morgan fingerprint density at radius 1 is 0.877 bits per heavy atom. The van der Waals surface area contributed by atoms with Crippen LogP contribution in [0, 0.1) is 20.8 Å². The number of piperazine rings is 1. The fourth-order valence-electron chi connectivity index (χ4n) is 9.62. The Hall–Kier alpha value is -6.03. The molecule has 1 atom stereocenters. The molecule has 5 heterocycles. The van der Waals surface area contributed by atoms with E-state index in [9.17, 15) is 24.0 Å². The van der Waals surface area contributed by atoms with Gasteiger partial charge in [0.25, 0.3) is 17.4 Å². The van der Waals surface area contributed by atoms with Gasteiger partial charge in [0, 0.05) is 112 Å². The monoisotopic (exact) mass is 887 g/mol. The Morgan fingerprint density at radius 2 is 1.65 bits per heavy atom. The highest BCUT2D eigenvalue weighted by atomic mass is 16.5. The van der Waals surface area contributed by atoms with Crippen molar-refractivity contribution in [1.29, 1.82) is 0 Å². The summed E-state index contributed by atoms with van der Waals surface area (Å²) in [6.45, 7) is 16.4. The molecule has 3 N–H and O–H groups in total. The summed E-state index contributed by atoms with van der Waals surface area (Å²) in [5.74, 6) is -0.590. The number of fused-ring (bicyclic) bond motifs is 1. The van der Waals surface area contributed by atoms with Crippen LogP contribution >= 0.6 is 0 Å². The first-order valence-electron chi connectivity index (χ1n) is 23.0. The number of carbonyl (C=O) groups is 4.